The van der Waals surface area contributed by atoms with E-state index in [2.05, 4.69) is 38.0 Å². The first-order valence-electron chi connectivity index (χ1n) is 7.41. The van der Waals surface area contributed by atoms with Crippen LogP contribution in [-0.2, 0) is 9.53 Å². The highest BCUT2D eigenvalue weighted by Gasteiger charge is 2.32. The molecule has 1 unspecified atom stereocenters. The van der Waals surface area contributed by atoms with E-state index in [0.29, 0.717) is 6.04 Å². The van der Waals surface area contributed by atoms with E-state index in [4.69, 9.17) is 4.74 Å². The van der Waals surface area contributed by atoms with Crippen molar-refractivity contribution in [2.24, 2.45) is 0 Å². The quantitative estimate of drug-likeness (QED) is 0.490. The fraction of sp³-hybridized carbons (Fsp3) is 0.933. The van der Waals surface area contributed by atoms with Gasteiger partial charge in [0.2, 0.25) is 0 Å². The first kappa shape index (κ1) is 18.4. The Hall–Kier alpha value is -0.610. The number of hydrogen-bond donors (Lipinski definition) is 1. The second-order valence-electron chi connectivity index (χ2n) is 5.78. The van der Waals surface area contributed by atoms with Crippen molar-refractivity contribution in [3.63, 3.8) is 0 Å². The summed E-state index contributed by atoms with van der Waals surface area (Å²) >= 11 is 0. The molecule has 4 nitrogen and oxygen atoms in total. The lowest BCUT2D eigenvalue weighted by molar-refractivity contribution is -0.148. The maximum Gasteiger partial charge on any atom is 0.325 e. The Balaban J connectivity index is 4.16. The fourth-order valence-electron chi connectivity index (χ4n) is 1.99. The predicted octanol–water partition coefficient (Wildman–Crippen LogP) is 2.43. The van der Waals surface area contributed by atoms with Crippen LogP contribution in [0.15, 0.2) is 0 Å². The summed E-state index contributed by atoms with van der Waals surface area (Å²) in [4.78, 5) is 14.2. The average molecular weight is 272 g/mol. The molecule has 0 heterocycles. The number of nitrogens with zero attached hydrogens (tertiary/aromatic N) is 1. The largest absolute Gasteiger partial charge is 0.468 e. The molecule has 4 heteroatoms. The lowest BCUT2D eigenvalue weighted by atomic mass is 9.94. The molecule has 1 atom stereocenters. The molecule has 0 aromatic rings. The van der Waals surface area contributed by atoms with E-state index >= 15 is 0 Å². The Morgan fingerprint density at radius 2 is 2.00 bits per heavy atom. The van der Waals surface area contributed by atoms with Gasteiger partial charge in [-0.05, 0) is 66.6 Å². The molecule has 0 fully saturated rings. The summed E-state index contributed by atoms with van der Waals surface area (Å²) in [5.74, 6) is -0.154. The van der Waals surface area contributed by atoms with Crippen LogP contribution >= 0.6 is 0 Å². The van der Waals surface area contributed by atoms with Crippen molar-refractivity contribution in [1.82, 2.24) is 10.2 Å². The molecule has 114 valence electrons. The number of unbranched alkanes of at least 4 members (excludes halogenated alkanes) is 1. The van der Waals surface area contributed by atoms with Crippen molar-refractivity contribution in [1.29, 1.82) is 0 Å². The van der Waals surface area contributed by atoms with Gasteiger partial charge >= 0.3 is 5.97 Å². The van der Waals surface area contributed by atoms with Crippen LogP contribution in [-0.4, -0.2) is 49.7 Å². The molecule has 0 aromatic heterocycles. The SMILES string of the molecule is CCCNC(C)(CCCCN(C)C(C)C)C(=O)OC. The van der Waals surface area contributed by atoms with Crippen LogP contribution in [0.3, 0.4) is 0 Å². The highest BCUT2D eigenvalue weighted by Crippen LogP contribution is 2.16. The topological polar surface area (TPSA) is 41.6 Å². The molecule has 0 saturated carbocycles. The molecule has 0 bridgehead atoms. The Morgan fingerprint density at radius 1 is 1.37 bits per heavy atom. The van der Waals surface area contributed by atoms with Gasteiger partial charge < -0.3 is 15.0 Å². The third-order valence-corrected chi connectivity index (χ3v) is 3.72. The first-order valence-corrected chi connectivity index (χ1v) is 7.41. The monoisotopic (exact) mass is 272 g/mol. The van der Waals surface area contributed by atoms with Gasteiger partial charge in [-0.15, -0.1) is 0 Å². The van der Waals surface area contributed by atoms with Crippen LogP contribution in [0.2, 0.25) is 0 Å². The van der Waals surface area contributed by atoms with Crippen molar-refractivity contribution >= 4 is 5.97 Å². The number of carbonyl (C=O) groups excluding carboxylic acids is 1. The fourth-order valence-corrected chi connectivity index (χ4v) is 1.99. The van der Waals surface area contributed by atoms with Gasteiger partial charge in [-0.1, -0.05) is 6.92 Å². The summed E-state index contributed by atoms with van der Waals surface area (Å²) in [7, 11) is 3.60. The number of carbonyl (C=O) groups is 1. The van der Waals surface area contributed by atoms with Gasteiger partial charge in [0.15, 0.2) is 0 Å². The second kappa shape index (κ2) is 9.32. The third-order valence-electron chi connectivity index (χ3n) is 3.72. The zero-order chi connectivity index (χ0) is 14.9. The van der Waals surface area contributed by atoms with Crippen LogP contribution in [0, 0.1) is 0 Å². The minimum Gasteiger partial charge on any atom is -0.468 e. The normalized spacial score (nSPS) is 14.7. The van der Waals surface area contributed by atoms with E-state index in [1.165, 1.54) is 7.11 Å². The van der Waals surface area contributed by atoms with Crippen LogP contribution in [0.1, 0.15) is 53.4 Å². The van der Waals surface area contributed by atoms with Gasteiger partial charge in [0.25, 0.3) is 0 Å². The predicted molar refractivity (Wildman–Crippen MR) is 80.3 cm³/mol. The second-order valence-corrected chi connectivity index (χ2v) is 5.78. The van der Waals surface area contributed by atoms with E-state index in [-0.39, 0.29) is 5.97 Å². The summed E-state index contributed by atoms with van der Waals surface area (Å²) in [6.07, 6.45) is 3.97. The number of methoxy groups -OCH3 is 1. The van der Waals surface area contributed by atoms with Crippen molar-refractivity contribution in [2.75, 3.05) is 27.2 Å². The molecule has 0 aliphatic carbocycles. The molecule has 0 amide bonds. The molecule has 0 saturated heterocycles. The van der Waals surface area contributed by atoms with Gasteiger partial charge in [-0.3, -0.25) is 4.79 Å². The zero-order valence-corrected chi connectivity index (χ0v) is 13.6. The Morgan fingerprint density at radius 3 is 2.47 bits per heavy atom. The molecular weight excluding hydrogens is 240 g/mol. The third kappa shape index (κ3) is 6.92. The van der Waals surface area contributed by atoms with Gasteiger partial charge in [-0.25, -0.2) is 0 Å². The Bertz CT molecular complexity index is 257. The lowest BCUT2D eigenvalue weighted by Crippen LogP contribution is -2.50. The lowest BCUT2D eigenvalue weighted by Gasteiger charge is -2.28. The molecular formula is C15H32N2O2. The highest BCUT2D eigenvalue weighted by atomic mass is 16.5. The average Bonchev–Trinajstić information content (AvgIpc) is 2.39. The zero-order valence-electron chi connectivity index (χ0n) is 13.6. The Labute approximate surface area is 118 Å². The maximum atomic E-state index is 11.9. The molecule has 0 spiro atoms. The van der Waals surface area contributed by atoms with Crippen molar-refractivity contribution in [2.45, 2.75) is 65.0 Å². The smallest absolute Gasteiger partial charge is 0.325 e. The number of esters is 1. The molecule has 0 rings (SSSR count). The van der Waals surface area contributed by atoms with Crippen LogP contribution < -0.4 is 5.32 Å². The minimum atomic E-state index is -0.541. The summed E-state index contributed by atoms with van der Waals surface area (Å²) in [6.45, 7) is 10.4. The summed E-state index contributed by atoms with van der Waals surface area (Å²) in [5.41, 5.74) is -0.541. The van der Waals surface area contributed by atoms with E-state index in [9.17, 15) is 4.79 Å². The molecule has 19 heavy (non-hydrogen) atoms. The van der Waals surface area contributed by atoms with Crippen LogP contribution in [0.5, 0.6) is 0 Å². The first-order chi connectivity index (χ1) is 8.87. The van der Waals surface area contributed by atoms with Crippen molar-refractivity contribution < 1.29 is 9.53 Å². The maximum absolute atomic E-state index is 11.9. The highest BCUT2D eigenvalue weighted by molar-refractivity contribution is 5.80. The summed E-state index contributed by atoms with van der Waals surface area (Å²) < 4.78 is 4.92. The molecule has 0 aliphatic rings. The molecule has 0 radical (unpaired) electrons. The van der Waals surface area contributed by atoms with Gasteiger partial charge in [0, 0.05) is 6.04 Å². The number of nitrogens with one attached hydrogen (secondary N) is 1. The van der Waals surface area contributed by atoms with E-state index < -0.39 is 5.54 Å². The standard InChI is InChI=1S/C15H32N2O2/c1-7-11-16-15(4,14(18)19-6)10-8-9-12-17(5)13(2)3/h13,16H,7-12H2,1-6H3. The molecule has 0 aromatic carbocycles. The number of hydrogen-bond acceptors (Lipinski definition) is 4. The van der Waals surface area contributed by atoms with E-state index in [0.717, 1.165) is 38.8 Å². The van der Waals surface area contributed by atoms with Crippen LogP contribution in [0.4, 0.5) is 0 Å². The molecule has 1 N–H and O–H groups in total. The Kier molecular flexibility index (Phi) is 9.02. The summed E-state index contributed by atoms with van der Waals surface area (Å²) in [6, 6.07) is 0.574. The van der Waals surface area contributed by atoms with E-state index in [1.807, 2.05) is 6.92 Å². The van der Waals surface area contributed by atoms with Gasteiger partial charge in [-0.2, -0.15) is 0 Å². The van der Waals surface area contributed by atoms with Gasteiger partial charge in [0.1, 0.15) is 5.54 Å². The van der Waals surface area contributed by atoms with Crippen molar-refractivity contribution in [3.8, 4) is 0 Å². The summed E-state index contributed by atoms with van der Waals surface area (Å²) in [5, 5.41) is 3.32. The molecule has 0 aliphatic heterocycles. The van der Waals surface area contributed by atoms with E-state index in [1.54, 1.807) is 0 Å². The van der Waals surface area contributed by atoms with Crippen LogP contribution in [0.25, 0.3) is 0 Å². The van der Waals surface area contributed by atoms with Gasteiger partial charge in [0.05, 0.1) is 7.11 Å². The number of rotatable bonds is 10. The number of ether oxygens (including phenoxy) is 1. The minimum absolute atomic E-state index is 0.154. The van der Waals surface area contributed by atoms with Crippen molar-refractivity contribution in [3.05, 3.63) is 0 Å².